The molecule has 0 spiro atoms. The van der Waals surface area contributed by atoms with E-state index in [9.17, 15) is 9.59 Å². The molecule has 0 N–H and O–H groups in total. The zero-order valence-electron chi connectivity index (χ0n) is 10.8. The lowest BCUT2D eigenvalue weighted by atomic mass is 9.59. The summed E-state index contributed by atoms with van der Waals surface area (Å²) < 4.78 is 0. The number of ketones is 2. The van der Waals surface area contributed by atoms with Crippen LogP contribution in [0, 0.1) is 35.5 Å². The van der Waals surface area contributed by atoms with E-state index >= 15 is 0 Å². The van der Waals surface area contributed by atoms with Gasteiger partial charge in [-0.05, 0) is 24.7 Å². The molecule has 0 aliphatic heterocycles. The van der Waals surface area contributed by atoms with Gasteiger partial charge in [0.25, 0.3) is 0 Å². The summed E-state index contributed by atoms with van der Waals surface area (Å²) in [6.45, 7) is 0. The quantitative estimate of drug-likeness (QED) is 0.509. The third-order valence-electron chi connectivity index (χ3n) is 6.39. The second-order valence-corrected chi connectivity index (χ2v) is 8.25. The van der Waals surface area contributed by atoms with Gasteiger partial charge in [0.05, 0.1) is 11.8 Å². The maximum atomic E-state index is 13.1. The minimum atomic E-state index is -1.02. The van der Waals surface area contributed by atoms with Gasteiger partial charge >= 0.3 is 0 Å². The first-order chi connectivity index (χ1) is 9.49. The van der Waals surface area contributed by atoms with Crippen LogP contribution in [-0.4, -0.2) is 21.3 Å². The highest BCUT2D eigenvalue weighted by atomic mass is 35.5. The number of allylic oxidation sites excluding steroid dienone is 4. The summed E-state index contributed by atoms with van der Waals surface area (Å²) in [5, 5.41) is 0. The summed E-state index contributed by atoms with van der Waals surface area (Å²) in [5.74, 6) is -0.511. The number of rotatable bonds is 0. The minimum absolute atomic E-state index is 0.0138. The van der Waals surface area contributed by atoms with E-state index in [0.29, 0.717) is 0 Å². The topological polar surface area (TPSA) is 34.1 Å². The summed E-state index contributed by atoms with van der Waals surface area (Å²) >= 11 is 13.6. The number of hydrogen-bond donors (Lipinski definition) is 0. The fraction of sp³-hybridized carbons (Fsp3) is 0.625. The Bertz CT molecular complexity index is 570. The summed E-state index contributed by atoms with van der Waals surface area (Å²) in [4.78, 5) is 24.2. The molecule has 3 saturated carbocycles. The number of carbonyl (C=O) groups excluding carboxylic acids is 2. The van der Waals surface area contributed by atoms with E-state index in [0.717, 1.165) is 12.8 Å². The molecule has 0 aromatic rings. The average Bonchev–Trinajstić information content (AvgIpc) is 3.14. The summed E-state index contributed by atoms with van der Waals surface area (Å²) in [6.07, 6.45) is 9.84. The standard InChI is InChI=1S/C16H14Cl2O2/c17-15-9-3-1-7(5-9)11(15)13(19)16(18)10-4-2-8(6-10)12(16)14(15)20/h1-4,7-12H,5-6H2/t7-,8-,9-,10-,11-,12+,15-,16-/m0/s1. The van der Waals surface area contributed by atoms with Gasteiger partial charge in [0.15, 0.2) is 11.6 Å². The van der Waals surface area contributed by atoms with Crippen molar-refractivity contribution in [3.8, 4) is 0 Å². The molecule has 0 heterocycles. The fourth-order valence-corrected chi connectivity index (χ4v) is 6.66. The molecule has 20 heavy (non-hydrogen) atoms. The highest BCUT2D eigenvalue weighted by Gasteiger charge is 2.76. The first-order valence-corrected chi connectivity index (χ1v) is 8.07. The highest BCUT2D eigenvalue weighted by molar-refractivity contribution is 6.46. The number of alkyl halides is 2. The van der Waals surface area contributed by atoms with Crippen molar-refractivity contribution in [1.82, 2.24) is 0 Å². The van der Waals surface area contributed by atoms with Crippen molar-refractivity contribution in [2.45, 2.75) is 22.6 Å². The minimum Gasteiger partial charge on any atom is -0.297 e. The van der Waals surface area contributed by atoms with Crippen LogP contribution in [0.4, 0.5) is 0 Å². The van der Waals surface area contributed by atoms with Gasteiger partial charge in [-0.1, -0.05) is 24.3 Å². The third kappa shape index (κ3) is 0.972. The SMILES string of the molecule is O=C1[C@H]2[C@H]3C=C[C@@H](C3)[C@@]2(Cl)C(=O)[C@@H]2[C@H]3C=C[C@@H](C3)[C@@]12Cl. The van der Waals surface area contributed by atoms with Gasteiger partial charge in [0.1, 0.15) is 9.75 Å². The van der Waals surface area contributed by atoms with E-state index in [2.05, 4.69) is 12.2 Å². The van der Waals surface area contributed by atoms with Crippen molar-refractivity contribution in [3.05, 3.63) is 24.3 Å². The Morgan fingerprint density at radius 2 is 1.20 bits per heavy atom. The van der Waals surface area contributed by atoms with Crippen LogP contribution in [0.5, 0.6) is 0 Å². The maximum Gasteiger partial charge on any atom is 0.161 e. The molecule has 4 heteroatoms. The van der Waals surface area contributed by atoms with Crippen molar-refractivity contribution >= 4 is 34.8 Å². The van der Waals surface area contributed by atoms with Crippen molar-refractivity contribution in [2.24, 2.45) is 35.5 Å². The van der Waals surface area contributed by atoms with Gasteiger partial charge in [-0.3, -0.25) is 9.59 Å². The predicted molar refractivity (Wildman–Crippen MR) is 75.6 cm³/mol. The average molecular weight is 309 g/mol. The summed E-state index contributed by atoms with van der Waals surface area (Å²) in [6, 6.07) is 0. The van der Waals surface area contributed by atoms with Crippen molar-refractivity contribution < 1.29 is 9.59 Å². The number of fused-ring (bicyclic) bond motifs is 10. The molecule has 5 aliphatic rings. The van der Waals surface area contributed by atoms with E-state index in [1.54, 1.807) is 0 Å². The molecule has 2 nitrogen and oxygen atoms in total. The van der Waals surface area contributed by atoms with Gasteiger partial charge in [0, 0.05) is 11.8 Å². The first-order valence-electron chi connectivity index (χ1n) is 7.32. The molecule has 5 aliphatic carbocycles. The molecular weight excluding hydrogens is 295 g/mol. The molecule has 0 aromatic heterocycles. The fourth-order valence-electron chi connectivity index (χ4n) is 5.58. The molecule has 4 bridgehead atoms. The zero-order valence-corrected chi connectivity index (χ0v) is 12.3. The van der Waals surface area contributed by atoms with E-state index in [1.807, 2.05) is 12.2 Å². The Labute approximate surface area is 127 Å². The maximum absolute atomic E-state index is 13.1. The van der Waals surface area contributed by atoms with E-state index in [4.69, 9.17) is 23.2 Å². The Morgan fingerprint density at radius 1 is 0.800 bits per heavy atom. The summed E-state index contributed by atoms with van der Waals surface area (Å²) in [7, 11) is 0. The molecular formula is C16H14Cl2O2. The van der Waals surface area contributed by atoms with Gasteiger partial charge in [0.2, 0.25) is 0 Å². The molecule has 0 unspecified atom stereocenters. The Hall–Kier alpha value is -0.600. The van der Waals surface area contributed by atoms with Gasteiger partial charge in [-0.25, -0.2) is 0 Å². The molecule has 0 aromatic carbocycles. The van der Waals surface area contributed by atoms with E-state index in [1.165, 1.54) is 0 Å². The van der Waals surface area contributed by atoms with Gasteiger partial charge in [-0.2, -0.15) is 0 Å². The van der Waals surface area contributed by atoms with Crippen LogP contribution >= 0.6 is 23.2 Å². The first kappa shape index (κ1) is 12.0. The number of hydrogen-bond acceptors (Lipinski definition) is 2. The molecule has 0 saturated heterocycles. The molecule has 0 radical (unpaired) electrons. The van der Waals surface area contributed by atoms with Crippen LogP contribution in [0.3, 0.4) is 0 Å². The number of carbonyl (C=O) groups is 2. The molecule has 104 valence electrons. The Kier molecular flexibility index (Phi) is 1.95. The van der Waals surface area contributed by atoms with Gasteiger partial charge in [-0.15, -0.1) is 23.2 Å². The Morgan fingerprint density at radius 3 is 1.60 bits per heavy atom. The number of halogens is 2. The summed E-state index contributed by atoms with van der Waals surface area (Å²) in [5.41, 5.74) is 0. The lowest BCUT2D eigenvalue weighted by Crippen LogP contribution is -2.65. The smallest absolute Gasteiger partial charge is 0.161 e. The molecule has 5 rings (SSSR count). The largest absolute Gasteiger partial charge is 0.297 e. The van der Waals surface area contributed by atoms with Crippen LogP contribution in [-0.2, 0) is 9.59 Å². The van der Waals surface area contributed by atoms with Crippen molar-refractivity contribution in [1.29, 1.82) is 0 Å². The highest BCUT2D eigenvalue weighted by Crippen LogP contribution is 2.67. The van der Waals surface area contributed by atoms with Crippen LogP contribution in [0.1, 0.15) is 12.8 Å². The lowest BCUT2D eigenvalue weighted by Gasteiger charge is -2.49. The van der Waals surface area contributed by atoms with Crippen LogP contribution in [0.2, 0.25) is 0 Å². The Balaban J connectivity index is 1.74. The number of Topliss-reactive ketones (excluding diaryl/α,β-unsaturated/α-hetero) is 2. The second-order valence-electron chi connectivity index (χ2n) is 7.00. The van der Waals surface area contributed by atoms with E-state index < -0.39 is 21.6 Å². The second kappa shape index (κ2) is 3.25. The van der Waals surface area contributed by atoms with Crippen LogP contribution in [0.15, 0.2) is 24.3 Å². The monoisotopic (exact) mass is 308 g/mol. The van der Waals surface area contributed by atoms with Crippen molar-refractivity contribution in [3.63, 3.8) is 0 Å². The van der Waals surface area contributed by atoms with Crippen LogP contribution < -0.4 is 0 Å². The van der Waals surface area contributed by atoms with Crippen molar-refractivity contribution in [2.75, 3.05) is 0 Å². The third-order valence-corrected chi connectivity index (χ3v) is 7.80. The molecule has 3 fully saturated rings. The zero-order chi connectivity index (χ0) is 13.9. The van der Waals surface area contributed by atoms with E-state index in [-0.39, 0.29) is 35.2 Å². The van der Waals surface area contributed by atoms with Gasteiger partial charge < -0.3 is 0 Å². The predicted octanol–water partition coefficient (Wildman–Crippen LogP) is 2.74. The molecule has 8 atom stereocenters. The lowest BCUT2D eigenvalue weighted by molar-refractivity contribution is -0.144. The normalized spacial score (nSPS) is 61.3. The van der Waals surface area contributed by atoms with Crippen LogP contribution in [0.25, 0.3) is 0 Å². The molecule has 0 amide bonds.